The summed E-state index contributed by atoms with van der Waals surface area (Å²) >= 11 is 5.05. The zero-order valence-electron chi connectivity index (χ0n) is 8.14. The molecule has 0 radical (unpaired) electrons. The zero-order valence-corrected chi connectivity index (χ0v) is 10.5. The molecule has 0 aliphatic heterocycles. The first kappa shape index (κ1) is 10.6. The average molecular weight is 284 g/mol. The van der Waals surface area contributed by atoms with Gasteiger partial charge in [-0.25, -0.2) is 0 Å². The Kier molecular flexibility index (Phi) is 3.02. The molecule has 1 heterocycles. The highest BCUT2D eigenvalue weighted by Crippen LogP contribution is 2.34. The van der Waals surface area contributed by atoms with Crippen molar-refractivity contribution in [3.8, 4) is 0 Å². The molecule has 1 aromatic carbocycles. The van der Waals surface area contributed by atoms with Gasteiger partial charge in [0.2, 0.25) is 0 Å². The Bertz CT molecular complexity index is 481. The van der Waals surface area contributed by atoms with E-state index in [9.17, 15) is 0 Å². The van der Waals surface area contributed by atoms with Gasteiger partial charge in [-0.1, -0.05) is 23.9 Å². The molecule has 0 fully saturated rings. The first-order chi connectivity index (χ1) is 7.16. The molecule has 0 amide bonds. The van der Waals surface area contributed by atoms with E-state index >= 15 is 0 Å². The monoisotopic (exact) mass is 283 g/mol. The van der Waals surface area contributed by atoms with Crippen molar-refractivity contribution < 1.29 is 0 Å². The summed E-state index contributed by atoms with van der Waals surface area (Å²) in [6.45, 7) is 0. The number of rotatable bonds is 2. The number of anilines is 1. The van der Waals surface area contributed by atoms with Crippen molar-refractivity contribution in [3.63, 3.8) is 0 Å². The second kappa shape index (κ2) is 4.28. The summed E-state index contributed by atoms with van der Waals surface area (Å²) in [5, 5.41) is 5.12. The number of benzene rings is 1. The van der Waals surface area contributed by atoms with Gasteiger partial charge in [0, 0.05) is 22.6 Å². The molecule has 0 spiro atoms. The molecular formula is C10H10BrN3S. The van der Waals surface area contributed by atoms with Crippen LogP contribution in [-0.4, -0.2) is 9.78 Å². The number of nitrogen functional groups attached to an aromatic ring is 1. The minimum atomic E-state index is 0.707. The van der Waals surface area contributed by atoms with Crippen LogP contribution in [-0.2, 0) is 7.05 Å². The molecule has 0 bridgehead atoms. The molecule has 0 aliphatic carbocycles. The molecule has 0 saturated carbocycles. The smallest absolute Gasteiger partial charge is 0.146 e. The summed E-state index contributed by atoms with van der Waals surface area (Å²) in [5.41, 5.74) is 6.53. The van der Waals surface area contributed by atoms with Crippen LogP contribution in [0.25, 0.3) is 0 Å². The lowest BCUT2D eigenvalue weighted by Gasteiger charge is -2.01. The standard InChI is InChI=1S/C10H10BrN3S/c1-14-6-8(12)10(13-14)15-9-5-3-2-4-7(9)11/h2-6H,12H2,1H3. The van der Waals surface area contributed by atoms with E-state index in [-0.39, 0.29) is 0 Å². The van der Waals surface area contributed by atoms with Gasteiger partial charge < -0.3 is 5.73 Å². The molecule has 1 aromatic heterocycles. The SMILES string of the molecule is Cn1cc(N)c(Sc2ccccc2Br)n1. The highest BCUT2D eigenvalue weighted by Gasteiger charge is 2.08. The normalized spacial score (nSPS) is 10.5. The average Bonchev–Trinajstić information content (AvgIpc) is 2.49. The van der Waals surface area contributed by atoms with Gasteiger partial charge in [-0.2, -0.15) is 5.10 Å². The molecule has 5 heteroatoms. The summed E-state index contributed by atoms with van der Waals surface area (Å²) in [7, 11) is 1.86. The van der Waals surface area contributed by atoms with Crippen LogP contribution in [0, 0.1) is 0 Å². The summed E-state index contributed by atoms with van der Waals surface area (Å²) in [6, 6.07) is 8.01. The summed E-state index contributed by atoms with van der Waals surface area (Å²) in [5.74, 6) is 0. The third kappa shape index (κ3) is 2.35. The van der Waals surface area contributed by atoms with Gasteiger partial charge in [0.25, 0.3) is 0 Å². The fourth-order valence-corrected chi connectivity index (χ4v) is 2.59. The first-order valence-corrected chi connectivity index (χ1v) is 5.99. The van der Waals surface area contributed by atoms with Crippen molar-refractivity contribution in [2.45, 2.75) is 9.92 Å². The molecular weight excluding hydrogens is 274 g/mol. The van der Waals surface area contributed by atoms with Gasteiger partial charge in [0.15, 0.2) is 0 Å². The van der Waals surface area contributed by atoms with Crippen LogP contribution in [0.2, 0.25) is 0 Å². The van der Waals surface area contributed by atoms with Crippen LogP contribution in [0.5, 0.6) is 0 Å². The second-order valence-electron chi connectivity index (χ2n) is 3.10. The predicted octanol–water partition coefficient (Wildman–Crippen LogP) is 2.92. The number of aryl methyl sites for hydroxylation is 1. The number of halogens is 1. The minimum Gasteiger partial charge on any atom is -0.395 e. The number of nitrogens with two attached hydrogens (primary N) is 1. The van der Waals surface area contributed by atoms with Crippen LogP contribution < -0.4 is 5.73 Å². The molecule has 2 aromatic rings. The van der Waals surface area contributed by atoms with Gasteiger partial charge in [0.05, 0.1) is 5.69 Å². The number of aromatic nitrogens is 2. The van der Waals surface area contributed by atoms with Crippen LogP contribution in [0.15, 0.2) is 44.9 Å². The van der Waals surface area contributed by atoms with Crippen LogP contribution >= 0.6 is 27.7 Å². The molecule has 3 nitrogen and oxygen atoms in total. The first-order valence-electron chi connectivity index (χ1n) is 4.38. The van der Waals surface area contributed by atoms with Gasteiger partial charge in [0.1, 0.15) is 5.03 Å². The lowest BCUT2D eigenvalue weighted by molar-refractivity contribution is 0.738. The van der Waals surface area contributed by atoms with E-state index in [1.165, 1.54) is 0 Å². The maximum Gasteiger partial charge on any atom is 0.146 e. The molecule has 0 aliphatic rings. The summed E-state index contributed by atoms with van der Waals surface area (Å²) in [6.07, 6.45) is 1.80. The maximum absolute atomic E-state index is 5.82. The molecule has 15 heavy (non-hydrogen) atoms. The van der Waals surface area contributed by atoms with Crippen LogP contribution in [0.1, 0.15) is 0 Å². The van der Waals surface area contributed by atoms with Crippen molar-refractivity contribution in [2.75, 3.05) is 5.73 Å². The zero-order chi connectivity index (χ0) is 10.8. The third-order valence-electron chi connectivity index (χ3n) is 1.86. The van der Waals surface area contributed by atoms with Crippen molar-refractivity contribution in [2.24, 2.45) is 7.05 Å². The lowest BCUT2D eigenvalue weighted by Crippen LogP contribution is -1.86. The number of hydrogen-bond donors (Lipinski definition) is 1. The second-order valence-corrected chi connectivity index (χ2v) is 4.98. The Morgan fingerprint density at radius 2 is 2.13 bits per heavy atom. The van der Waals surface area contributed by atoms with Crippen molar-refractivity contribution >= 4 is 33.4 Å². The molecule has 2 rings (SSSR count). The van der Waals surface area contributed by atoms with E-state index in [0.29, 0.717) is 5.69 Å². The van der Waals surface area contributed by atoms with Gasteiger partial charge in [-0.05, 0) is 28.1 Å². The molecule has 2 N–H and O–H groups in total. The van der Waals surface area contributed by atoms with E-state index in [4.69, 9.17) is 5.73 Å². The van der Waals surface area contributed by atoms with Crippen molar-refractivity contribution in [3.05, 3.63) is 34.9 Å². The quantitative estimate of drug-likeness (QED) is 0.922. The topological polar surface area (TPSA) is 43.8 Å². The Labute approximate surface area is 101 Å². The summed E-state index contributed by atoms with van der Waals surface area (Å²) in [4.78, 5) is 1.11. The van der Waals surface area contributed by atoms with Gasteiger partial charge >= 0.3 is 0 Å². The highest BCUT2D eigenvalue weighted by molar-refractivity contribution is 9.10. The Hall–Kier alpha value is -0.940. The fraction of sp³-hybridized carbons (Fsp3) is 0.100. The van der Waals surface area contributed by atoms with Crippen LogP contribution in [0.3, 0.4) is 0 Å². The van der Waals surface area contributed by atoms with Gasteiger partial charge in [-0.3, -0.25) is 4.68 Å². The summed E-state index contributed by atoms with van der Waals surface area (Å²) < 4.78 is 2.77. The Morgan fingerprint density at radius 3 is 2.73 bits per heavy atom. The third-order valence-corrected chi connectivity index (χ3v) is 3.91. The van der Waals surface area contributed by atoms with E-state index in [2.05, 4.69) is 21.0 Å². The largest absolute Gasteiger partial charge is 0.395 e. The molecule has 78 valence electrons. The van der Waals surface area contributed by atoms with E-state index in [1.807, 2.05) is 31.3 Å². The Balaban J connectivity index is 2.29. The number of nitrogens with zero attached hydrogens (tertiary/aromatic N) is 2. The predicted molar refractivity (Wildman–Crippen MR) is 65.9 cm³/mol. The molecule has 0 unspecified atom stereocenters. The maximum atomic E-state index is 5.82. The van der Waals surface area contributed by atoms with Crippen LogP contribution in [0.4, 0.5) is 5.69 Å². The Morgan fingerprint density at radius 1 is 1.40 bits per heavy atom. The minimum absolute atomic E-state index is 0.707. The highest BCUT2D eigenvalue weighted by atomic mass is 79.9. The molecule has 0 saturated heterocycles. The van der Waals surface area contributed by atoms with Gasteiger partial charge in [-0.15, -0.1) is 0 Å². The van der Waals surface area contributed by atoms with E-state index in [0.717, 1.165) is 14.4 Å². The van der Waals surface area contributed by atoms with E-state index < -0.39 is 0 Å². The van der Waals surface area contributed by atoms with E-state index in [1.54, 1.807) is 22.6 Å². The van der Waals surface area contributed by atoms with Crippen molar-refractivity contribution in [1.82, 2.24) is 9.78 Å². The fourth-order valence-electron chi connectivity index (χ4n) is 1.20. The molecule has 0 atom stereocenters. The lowest BCUT2D eigenvalue weighted by atomic mass is 10.4. The van der Waals surface area contributed by atoms with Crippen molar-refractivity contribution in [1.29, 1.82) is 0 Å². The number of hydrogen-bond acceptors (Lipinski definition) is 3.